The van der Waals surface area contributed by atoms with Crippen LogP contribution in [0.25, 0.3) is 0 Å². The molecule has 2 rings (SSSR count). The van der Waals surface area contributed by atoms with Crippen LogP contribution in [0.2, 0.25) is 0 Å². The van der Waals surface area contributed by atoms with Crippen molar-refractivity contribution in [2.24, 2.45) is 0 Å². The van der Waals surface area contributed by atoms with Gasteiger partial charge in [0.2, 0.25) is 5.91 Å². The largest absolute Gasteiger partial charge is 0.491 e. The number of nitrogens with one attached hydrogen (secondary N) is 2. The zero-order valence-corrected chi connectivity index (χ0v) is 14.1. The lowest BCUT2D eigenvalue weighted by molar-refractivity contribution is -0.115. The Labute approximate surface area is 142 Å². The van der Waals surface area contributed by atoms with Gasteiger partial charge in [0.15, 0.2) is 0 Å². The summed E-state index contributed by atoms with van der Waals surface area (Å²) >= 11 is 0. The summed E-state index contributed by atoms with van der Waals surface area (Å²) in [5.74, 6) is 0.203. The number of carbonyl (C=O) groups excluding carboxylic acids is 2. The van der Waals surface area contributed by atoms with Gasteiger partial charge in [0, 0.05) is 11.3 Å². The van der Waals surface area contributed by atoms with E-state index in [9.17, 15) is 9.59 Å². The lowest BCUT2D eigenvalue weighted by atomic mass is 10.1. The van der Waals surface area contributed by atoms with Gasteiger partial charge in [0.25, 0.3) is 5.91 Å². The van der Waals surface area contributed by atoms with Crippen LogP contribution in [0.3, 0.4) is 0 Å². The van der Waals surface area contributed by atoms with Gasteiger partial charge in [-0.05, 0) is 56.7 Å². The van der Waals surface area contributed by atoms with E-state index in [0.717, 1.165) is 11.3 Å². The average Bonchev–Trinajstić information content (AvgIpc) is 2.54. The molecule has 126 valence electrons. The Morgan fingerprint density at radius 1 is 1.04 bits per heavy atom. The van der Waals surface area contributed by atoms with Crippen molar-refractivity contribution < 1.29 is 14.3 Å². The predicted octanol–water partition coefficient (Wildman–Crippen LogP) is 3.15. The van der Waals surface area contributed by atoms with Gasteiger partial charge < -0.3 is 15.4 Å². The molecule has 2 aromatic rings. The fraction of sp³-hybridized carbons (Fsp3) is 0.263. The number of anilines is 1. The van der Waals surface area contributed by atoms with Gasteiger partial charge in [-0.1, -0.05) is 18.2 Å². The number of rotatable bonds is 6. The van der Waals surface area contributed by atoms with Crippen molar-refractivity contribution in [2.45, 2.75) is 26.9 Å². The summed E-state index contributed by atoms with van der Waals surface area (Å²) in [6.45, 7) is 5.67. The first-order valence-electron chi connectivity index (χ1n) is 7.86. The van der Waals surface area contributed by atoms with Crippen molar-refractivity contribution in [3.05, 3.63) is 59.7 Å². The molecular weight excluding hydrogens is 304 g/mol. The molecule has 0 spiro atoms. The summed E-state index contributed by atoms with van der Waals surface area (Å²) in [5.41, 5.74) is 2.10. The van der Waals surface area contributed by atoms with Gasteiger partial charge in [-0.3, -0.25) is 9.59 Å². The van der Waals surface area contributed by atoms with E-state index in [4.69, 9.17) is 4.74 Å². The van der Waals surface area contributed by atoms with Gasteiger partial charge in [-0.2, -0.15) is 0 Å². The fourth-order valence-corrected chi connectivity index (χ4v) is 2.18. The predicted molar refractivity (Wildman–Crippen MR) is 94.3 cm³/mol. The van der Waals surface area contributed by atoms with Crippen LogP contribution in [0, 0.1) is 6.92 Å². The normalized spacial score (nSPS) is 10.3. The van der Waals surface area contributed by atoms with E-state index in [1.54, 1.807) is 36.4 Å². The second-order valence-corrected chi connectivity index (χ2v) is 5.74. The third kappa shape index (κ3) is 5.12. The molecule has 0 saturated heterocycles. The van der Waals surface area contributed by atoms with E-state index in [0.29, 0.717) is 11.3 Å². The molecule has 0 heterocycles. The summed E-state index contributed by atoms with van der Waals surface area (Å²) in [7, 11) is 0. The topological polar surface area (TPSA) is 67.4 Å². The summed E-state index contributed by atoms with van der Waals surface area (Å²) in [6, 6.07) is 14.4. The molecule has 2 aromatic carbocycles. The molecule has 0 aromatic heterocycles. The lowest BCUT2D eigenvalue weighted by Gasteiger charge is -2.11. The van der Waals surface area contributed by atoms with Crippen LogP contribution < -0.4 is 15.4 Å². The summed E-state index contributed by atoms with van der Waals surface area (Å²) < 4.78 is 5.54. The van der Waals surface area contributed by atoms with Gasteiger partial charge in [0.05, 0.1) is 12.6 Å². The summed E-state index contributed by atoms with van der Waals surface area (Å²) in [4.78, 5) is 24.0. The van der Waals surface area contributed by atoms with Crippen molar-refractivity contribution in [1.29, 1.82) is 0 Å². The minimum Gasteiger partial charge on any atom is -0.491 e. The van der Waals surface area contributed by atoms with Crippen molar-refractivity contribution in [2.75, 3.05) is 11.9 Å². The SMILES string of the molecule is Cc1ccccc1C(=O)NCC(=O)Nc1ccc(OC(C)C)cc1. The summed E-state index contributed by atoms with van der Waals surface area (Å²) in [5, 5.41) is 5.36. The van der Waals surface area contributed by atoms with E-state index in [-0.39, 0.29) is 24.5 Å². The van der Waals surface area contributed by atoms with Crippen LogP contribution >= 0.6 is 0 Å². The highest BCUT2D eigenvalue weighted by Gasteiger charge is 2.10. The minimum atomic E-state index is -0.283. The molecule has 0 fully saturated rings. The smallest absolute Gasteiger partial charge is 0.251 e. The van der Waals surface area contributed by atoms with E-state index in [1.165, 1.54) is 0 Å². The maximum absolute atomic E-state index is 12.1. The number of ether oxygens (including phenoxy) is 1. The van der Waals surface area contributed by atoms with Crippen molar-refractivity contribution >= 4 is 17.5 Å². The Morgan fingerprint density at radius 3 is 2.33 bits per heavy atom. The molecule has 5 heteroatoms. The van der Waals surface area contributed by atoms with Crippen LogP contribution in [0.15, 0.2) is 48.5 Å². The first kappa shape index (κ1) is 17.5. The minimum absolute atomic E-state index is 0.0859. The number of hydrogen-bond donors (Lipinski definition) is 2. The van der Waals surface area contributed by atoms with Crippen molar-refractivity contribution in [3.8, 4) is 5.75 Å². The van der Waals surface area contributed by atoms with Gasteiger partial charge >= 0.3 is 0 Å². The molecule has 0 atom stereocenters. The van der Waals surface area contributed by atoms with E-state index in [1.807, 2.05) is 32.9 Å². The molecule has 0 aliphatic carbocycles. The highest BCUT2D eigenvalue weighted by Crippen LogP contribution is 2.16. The van der Waals surface area contributed by atoms with E-state index >= 15 is 0 Å². The maximum Gasteiger partial charge on any atom is 0.251 e. The van der Waals surface area contributed by atoms with E-state index < -0.39 is 0 Å². The molecule has 2 N–H and O–H groups in total. The molecule has 0 radical (unpaired) electrons. The monoisotopic (exact) mass is 326 g/mol. The third-order valence-corrected chi connectivity index (χ3v) is 3.31. The third-order valence-electron chi connectivity index (χ3n) is 3.31. The maximum atomic E-state index is 12.1. The Hall–Kier alpha value is -2.82. The van der Waals surface area contributed by atoms with Crippen LogP contribution in [-0.2, 0) is 4.79 Å². The lowest BCUT2D eigenvalue weighted by Crippen LogP contribution is -2.33. The first-order chi connectivity index (χ1) is 11.5. The van der Waals surface area contributed by atoms with Crippen LogP contribution in [0.4, 0.5) is 5.69 Å². The van der Waals surface area contributed by atoms with Gasteiger partial charge in [0.1, 0.15) is 5.75 Å². The van der Waals surface area contributed by atoms with Crippen molar-refractivity contribution in [1.82, 2.24) is 5.32 Å². The fourth-order valence-electron chi connectivity index (χ4n) is 2.18. The Kier molecular flexibility index (Phi) is 5.95. The van der Waals surface area contributed by atoms with Crippen LogP contribution in [-0.4, -0.2) is 24.5 Å². The molecule has 0 bridgehead atoms. The molecule has 0 aliphatic rings. The molecular formula is C19H22N2O3. The Morgan fingerprint density at radius 2 is 1.71 bits per heavy atom. The molecule has 0 unspecified atom stereocenters. The molecule has 0 aliphatic heterocycles. The van der Waals surface area contributed by atoms with Crippen LogP contribution in [0.1, 0.15) is 29.8 Å². The second kappa shape index (κ2) is 8.15. The highest BCUT2D eigenvalue weighted by molar-refractivity contribution is 6.00. The highest BCUT2D eigenvalue weighted by atomic mass is 16.5. The molecule has 0 saturated carbocycles. The molecule has 2 amide bonds. The second-order valence-electron chi connectivity index (χ2n) is 5.74. The zero-order valence-electron chi connectivity index (χ0n) is 14.1. The van der Waals surface area contributed by atoms with Gasteiger partial charge in [-0.15, -0.1) is 0 Å². The molecule has 24 heavy (non-hydrogen) atoms. The van der Waals surface area contributed by atoms with Crippen LogP contribution in [0.5, 0.6) is 5.75 Å². The first-order valence-corrected chi connectivity index (χ1v) is 7.86. The molecule has 5 nitrogen and oxygen atoms in total. The number of aryl methyl sites for hydroxylation is 1. The quantitative estimate of drug-likeness (QED) is 0.857. The van der Waals surface area contributed by atoms with E-state index in [2.05, 4.69) is 10.6 Å². The van der Waals surface area contributed by atoms with Crippen molar-refractivity contribution in [3.63, 3.8) is 0 Å². The number of hydrogen-bond acceptors (Lipinski definition) is 3. The Bertz CT molecular complexity index is 709. The zero-order chi connectivity index (χ0) is 17.5. The Balaban J connectivity index is 1.85. The average molecular weight is 326 g/mol. The number of carbonyl (C=O) groups is 2. The summed E-state index contributed by atoms with van der Waals surface area (Å²) in [6.07, 6.45) is 0.0992. The number of amides is 2. The standard InChI is InChI=1S/C19H22N2O3/c1-13(2)24-16-10-8-15(9-11-16)21-18(22)12-20-19(23)17-7-5-4-6-14(17)3/h4-11,13H,12H2,1-3H3,(H,20,23)(H,21,22). The number of benzene rings is 2. The van der Waals surface area contributed by atoms with Gasteiger partial charge in [-0.25, -0.2) is 0 Å².